The molecule has 0 aliphatic rings. The number of aromatic carboxylic acids is 1. The van der Waals surface area contributed by atoms with E-state index < -0.39 is 11.9 Å². The predicted molar refractivity (Wildman–Crippen MR) is 84.9 cm³/mol. The fourth-order valence-electron chi connectivity index (χ4n) is 1.77. The minimum Gasteiger partial charge on any atom is -0.480 e. The van der Waals surface area contributed by atoms with Crippen LogP contribution in [0, 0.1) is 6.92 Å². The Morgan fingerprint density at radius 2 is 1.83 bits per heavy atom. The van der Waals surface area contributed by atoms with Crippen molar-refractivity contribution < 1.29 is 19.8 Å². The van der Waals surface area contributed by atoms with Gasteiger partial charge in [0.25, 0.3) is 0 Å². The lowest BCUT2D eigenvalue weighted by Crippen LogP contribution is -2.14. The first-order chi connectivity index (χ1) is 11.4. The van der Waals surface area contributed by atoms with Gasteiger partial charge in [0.05, 0.1) is 16.9 Å². The standard InChI is InChI=1S/C14H14N6O4/c1-7-11(12(16-6-10(21)22)18-14(15)17-7)20-19-9-4-2-8(3-5-9)13(23)24/h2-5H,6H2,1H3,(H,21,22)(H,23,24)(H3,15,16,17,18). The highest BCUT2D eigenvalue weighted by Crippen LogP contribution is 2.28. The molecule has 2 rings (SSSR count). The zero-order valence-electron chi connectivity index (χ0n) is 12.6. The summed E-state index contributed by atoms with van der Waals surface area (Å²) in [5, 5.41) is 28.2. The summed E-state index contributed by atoms with van der Waals surface area (Å²) < 4.78 is 0. The van der Waals surface area contributed by atoms with E-state index in [0.717, 1.165) is 0 Å². The smallest absolute Gasteiger partial charge is 0.335 e. The first-order valence-corrected chi connectivity index (χ1v) is 6.71. The Kier molecular flexibility index (Phi) is 5.00. The molecule has 0 fully saturated rings. The number of aryl methyl sites for hydroxylation is 1. The summed E-state index contributed by atoms with van der Waals surface area (Å²) in [6.45, 7) is 1.26. The normalized spacial score (nSPS) is 10.7. The summed E-state index contributed by atoms with van der Waals surface area (Å²) in [4.78, 5) is 29.4. The van der Waals surface area contributed by atoms with Gasteiger partial charge < -0.3 is 21.3 Å². The largest absolute Gasteiger partial charge is 0.480 e. The molecule has 0 unspecified atom stereocenters. The number of nitrogens with one attached hydrogen (secondary N) is 1. The fraction of sp³-hybridized carbons (Fsp3) is 0.143. The van der Waals surface area contributed by atoms with Crippen molar-refractivity contribution >= 4 is 35.1 Å². The molecule has 0 amide bonds. The van der Waals surface area contributed by atoms with Gasteiger partial charge >= 0.3 is 11.9 Å². The molecule has 0 spiro atoms. The lowest BCUT2D eigenvalue weighted by molar-refractivity contribution is -0.134. The Bertz CT molecular complexity index is 804. The monoisotopic (exact) mass is 330 g/mol. The number of aliphatic carboxylic acids is 1. The van der Waals surface area contributed by atoms with Crippen LogP contribution in [0.25, 0.3) is 0 Å². The van der Waals surface area contributed by atoms with Gasteiger partial charge in [-0.25, -0.2) is 9.78 Å². The molecule has 2 aromatic rings. The van der Waals surface area contributed by atoms with E-state index in [0.29, 0.717) is 11.4 Å². The maximum absolute atomic E-state index is 10.8. The summed E-state index contributed by atoms with van der Waals surface area (Å²) in [5.74, 6) is -1.99. The average Bonchev–Trinajstić information content (AvgIpc) is 2.52. The lowest BCUT2D eigenvalue weighted by Gasteiger charge is -2.08. The van der Waals surface area contributed by atoms with Gasteiger partial charge in [-0.1, -0.05) is 0 Å². The van der Waals surface area contributed by atoms with E-state index in [9.17, 15) is 9.59 Å². The van der Waals surface area contributed by atoms with E-state index in [-0.39, 0.29) is 29.6 Å². The van der Waals surface area contributed by atoms with Crippen LogP contribution in [0.3, 0.4) is 0 Å². The number of nitrogens with zero attached hydrogens (tertiary/aromatic N) is 4. The molecule has 10 heteroatoms. The number of benzene rings is 1. The Balaban J connectivity index is 2.30. The Morgan fingerprint density at radius 1 is 1.17 bits per heavy atom. The molecule has 0 aliphatic carbocycles. The first-order valence-electron chi connectivity index (χ1n) is 6.71. The Hall–Kier alpha value is -3.56. The van der Waals surface area contributed by atoms with Gasteiger partial charge in [-0.3, -0.25) is 4.79 Å². The number of nitrogens with two attached hydrogens (primary N) is 1. The number of carbonyl (C=O) groups is 2. The minimum absolute atomic E-state index is 0.0230. The van der Waals surface area contributed by atoms with Crippen molar-refractivity contribution in [2.75, 3.05) is 17.6 Å². The molecule has 0 saturated heterocycles. The first kappa shape index (κ1) is 16.8. The quantitative estimate of drug-likeness (QED) is 0.584. The molecular formula is C14H14N6O4. The van der Waals surface area contributed by atoms with Crippen LogP contribution in [0.4, 0.5) is 23.1 Å². The van der Waals surface area contributed by atoms with Crippen molar-refractivity contribution in [1.29, 1.82) is 0 Å². The Morgan fingerprint density at radius 3 is 2.42 bits per heavy atom. The number of carboxylic acid groups (broad SMARTS) is 2. The van der Waals surface area contributed by atoms with E-state index >= 15 is 0 Å². The van der Waals surface area contributed by atoms with E-state index in [2.05, 4.69) is 25.5 Å². The van der Waals surface area contributed by atoms with Gasteiger partial charge in [0, 0.05) is 0 Å². The second-order valence-corrected chi connectivity index (χ2v) is 4.66. The second-order valence-electron chi connectivity index (χ2n) is 4.66. The SMILES string of the molecule is Cc1nc(N)nc(NCC(=O)O)c1N=Nc1ccc(C(=O)O)cc1. The minimum atomic E-state index is -1.07. The lowest BCUT2D eigenvalue weighted by atomic mass is 10.2. The molecule has 0 aliphatic heterocycles. The third-order valence-corrected chi connectivity index (χ3v) is 2.86. The molecule has 0 atom stereocenters. The molecule has 124 valence electrons. The van der Waals surface area contributed by atoms with Crippen molar-refractivity contribution in [2.24, 2.45) is 10.2 Å². The van der Waals surface area contributed by atoms with Crippen LogP contribution < -0.4 is 11.1 Å². The number of anilines is 2. The Labute approximate surface area is 136 Å². The molecule has 5 N–H and O–H groups in total. The predicted octanol–water partition coefficient (Wildman–Crippen LogP) is 1.98. The molecule has 0 bridgehead atoms. The van der Waals surface area contributed by atoms with E-state index in [4.69, 9.17) is 15.9 Å². The highest BCUT2D eigenvalue weighted by molar-refractivity contribution is 5.87. The van der Waals surface area contributed by atoms with Gasteiger partial charge in [-0.15, -0.1) is 5.11 Å². The van der Waals surface area contributed by atoms with Crippen molar-refractivity contribution in [2.45, 2.75) is 6.92 Å². The highest BCUT2D eigenvalue weighted by atomic mass is 16.4. The molecule has 24 heavy (non-hydrogen) atoms. The molecule has 0 saturated carbocycles. The maximum atomic E-state index is 10.8. The molecular weight excluding hydrogens is 316 g/mol. The topological polar surface area (TPSA) is 163 Å². The third kappa shape index (κ3) is 4.22. The van der Waals surface area contributed by atoms with Crippen LogP contribution in [0.1, 0.15) is 16.1 Å². The second kappa shape index (κ2) is 7.13. The van der Waals surface area contributed by atoms with Gasteiger partial charge in [0.2, 0.25) is 5.95 Å². The number of aromatic nitrogens is 2. The van der Waals surface area contributed by atoms with Crippen molar-refractivity contribution in [3.8, 4) is 0 Å². The van der Waals surface area contributed by atoms with Crippen LogP contribution >= 0.6 is 0 Å². The van der Waals surface area contributed by atoms with Crippen molar-refractivity contribution in [3.05, 3.63) is 35.5 Å². The third-order valence-electron chi connectivity index (χ3n) is 2.86. The number of nitrogen functional groups attached to an aromatic ring is 1. The van der Waals surface area contributed by atoms with Crippen LogP contribution in [-0.2, 0) is 4.79 Å². The summed E-state index contributed by atoms with van der Waals surface area (Å²) in [6, 6.07) is 5.77. The number of rotatable bonds is 6. The zero-order valence-corrected chi connectivity index (χ0v) is 12.6. The number of hydrogen-bond donors (Lipinski definition) is 4. The summed E-state index contributed by atoms with van der Waals surface area (Å²) in [5.41, 5.74) is 6.76. The molecule has 10 nitrogen and oxygen atoms in total. The van der Waals surface area contributed by atoms with E-state index in [1.807, 2.05) is 0 Å². The molecule has 0 radical (unpaired) electrons. The number of azo groups is 1. The molecule has 1 aromatic carbocycles. The van der Waals surface area contributed by atoms with Crippen molar-refractivity contribution in [3.63, 3.8) is 0 Å². The molecule has 1 heterocycles. The number of carboxylic acids is 2. The zero-order chi connectivity index (χ0) is 17.7. The fourth-order valence-corrected chi connectivity index (χ4v) is 1.77. The summed E-state index contributed by atoms with van der Waals surface area (Å²) in [7, 11) is 0. The van der Waals surface area contributed by atoms with Crippen LogP contribution in [0.5, 0.6) is 0 Å². The number of hydrogen-bond acceptors (Lipinski definition) is 8. The van der Waals surface area contributed by atoms with Gasteiger partial charge in [0.1, 0.15) is 12.2 Å². The highest BCUT2D eigenvalue weighted by Gasteiger charge is 2.11. The summed E-state index contributed by atoms with van der Waals surface area (Å²) in [6.07, 6.45) is 0. The van der Waals surface area contributed by atoms with Crippen LogP contribution in [0.2, 0.25) is 0 Å². The van der Waals surface area contributed by atoms with E-state index in [1.165, 1.54) is 24.3 Å². The van der Waals surface area contributed by atoms with Crippen molar-refractivity contribution in [1.82, 2.24) is 9.97 Å². The average molecular weight is 330 g/mol. The van der Waals surface area contributed by atoms with Gasteiger partial charge in [0.15, 0.2) is 5.82 Å². The molecule has 1 aromatic heterocycles. The van der Waals surface area contributed by atoms with E-state index in [1.54, 1.807) is 6.92 Å². The van der Waals surface area contributed by atoms with Crippen LogP contribution in [0.15, 0.2) is 34.5 Å². The summed E-state index contributed by atoms with van der Waals surface area (Å²) >= 11 is 0. The van der Waals surface area contributed by atoms with Gasteiger partial charge in [-0.2, -0.15) is 10.1 Å². The van der Waals surface area contributed by atoms with Crippen LogP contribution in [-0.4, -0.2) is 38.7 Å². The maximum Gasteiger partial charge on any atom is 0.335 e. The van der Waals surface area contributed by atoms with Gasteiger partial charge in [-0.05, 0) is 31.2 Å².